The van der Waals surface area contributed by atoms with Crippen LogP contribution in [0, 0.1) is 23.4 Å². The molecule has 3 aromatic rings. The molecule has 0 bridgehead atoms. The molecule has 10 heteroatoms. The molecule has 4 rings (SSSR count). The zero-order valence-electron chi connectivity index (χ0n) is 15.2. The van der Waals surface area contributed by atoms with Crippen molar-refractivity contribution in [1.29, 1.82) is 0 Å². The average Bonchev–Trinajstić information content (AvgIpc) is 3.29. The van der Waals surface area contributed by atoms with Crippen LogP contribution in [0.1, 0.15) is 12.8 Å². The summed E-state index contributed by atoms with van der Waals surface area (Å²) in [4.78, 5) is 23.0. The lowest BCUT2D eigenvalue weighted by Gasteiger charge is -2.32. The third-order valence-corrected chi connectivity index (χ3v) is 4.79. The van der Waals surface area contributed by atoms with Crippen molar-refractivity contribution in [2.75, 3.05) is 23.3 Å². The first-order chi connectivity index (χ1) is 14.0. The lowest BCUT2D eigenvalue weighted by atomic mass is 9.97. The minimum atomic E-state index is -1.61. The van der Waals surface area contributed by atoms with E-state index < -0.39 is 29.3 Å². The predicted octanol–water partition coefficient (Wildman–Crippen LogP) is 2.93. The van der Waals surface area contributed by atoms with Gasteiger partial charge in [0.1, 0.15) is 12.1 Å². The van der Waals surface area contributed by atoms with E-state index in [1.165, 1.54) is 6.33 Å². The maximum Gasteiger partial charge on any atom is 0.229 e. The number of aromatic nitrogens is 4. The van der Waals surface area contributed by atoms with Gasteiger partial charge in [-0.2, -0.15) is 5.10 Å². The van der Waals surface area contributed by atoms with Crippen molar-refractivity contribution >= 4 is 17.4 Å². The lowest BCUT2D eigenvalue weighted by molar-refractivity contribution is -0.120. The fourth-order valence-corrected chi connectivity index (χ4v) is 3.30. The van der Waals surface area contributed by atoms with Crippen molar-refractivity contribution in [3.05, 3.63) is 60.4 Å². The van der Waals surface area contributed by atoms with Gasteiger partial charge in [0.15, 0.2) is 23.3 Å². The lowest BCUT2D eigenvalue weighted by Crippen LogP contribution is -2.41. The molecule has 1 atom stereocenters. The maximum atomic E-state index is 13.8. The Labute approximate surface area is 164 Å². The molecule has 0 spiro atoms. The second-order valence-corrected chi connectivity index (χ2v) is 6.68. The van der Waals surface area contributed by atoms with Gasteiger partial charge in [0.25, 0.3) is 0 Å². The van der Waals surface area contributed by atoms with Crippen LogP contribution in [0.4, 0.5) is 24.7 Å². The number of carbonyl (C=O) groups excluding carboxylic acids is 1. The van der Waals surface area contributed by atoms with E-state index in [-0.39, 0.29) is 5.69 Å². The SMILES string of the molecule is O=C(Nc1ccc(F)c(F)c1F)C1CCCN(c2cc(-n3cccn3)ncn2)C1. The van der Waals surface area contributed by atoms with Crippen molar-refractivity contribution < 1.29 is 18.0 Å². The molecule has 3 heterocycles. The smallest absolute Gasteiger partial charge is 0.229 e. The topological polar surface area (TPSA) is 75.9 Å². The molecule has 2 aromatic heterocycles. The number of hydrogen-bond donors (Lipinski definition) is 1. The molecule has 29 heavy (non-hydrogen) atoms. The number of nitrogens with one attached hydrogen (secondary N) is 1. The Kier molecular flexibility index (Phi) is 5.15. The molecule has 0 aliphatic carbocycles. The Bertz CT molecular complexity index is 1030. The van der Waals surface area contributed by atoms with Gasteiger partial charge < -0.3 is 10.2 Å². The van der Waals surface area contributed by atoms with Crippen LogP contribution < -0.4 is 10.2 Å². The fraction of sp³-hybridized carbons (Fsp3) is 0.263. The molecular formula is C19H17F3N6O. The van der Waals surface area contributed by atoms with Crippen molar-refractivity contribution in [2.45, 2.75) is 12.8 Å². The van der Waals surface area contributed by atoms with Gasteiger partial charge in [-0.1, -0.05) is 0 Å². The summed E-state index contributed by atoms with van der Waals surface area (Å²) in [5.41, 5.74) is -0.381. The highest BCUT2D eigenvalue weighted by molar-refractivity contribution is 5.93. The van der Waals surface area contributed by atoms with Gasteiger partial charge in [-0.3, -0.25) is 4.79 Å². The number of rotatable bonds is 4. The molecule has 1 aliphatic rings. The third-order valence-electron chi connectivity index (χ3n) is 4.79. The van der Waals surface area contributed by atoms with Gasteiger partial charge >= 0.3 is 0 Å². The van der Waals surface area contributed by atoms with Crippen LogP contribution in [0.25, 0.3) is 5.82 Å². The highest BCUT2D eigenvalue weighted by atomic mass is 19.2. The minimum absolute atomic E-state index is 0.354. The van der Waals surface area contributed by atoms with Crippen LogP contribution >= 0.6 is 0 Å². The van der Waals surface area contributed by atoms with Crippen LogP contribution in [0.3, 0.4) is 0 Å². The number of amides is 1. The molecule has 7 nitrogen and oxygen atoms in total. The van der Waals surface area contributed by atoms with Crippen molar-refractivity contribution in [3.63, 3.8) is 0 Å². The number of anilines is 2. The summed E-state index contributed by atoms with van der Waals surface area (Å²) in [5, 5.41) is 6.49. The van der Waals surface area contributed by atoms with E-state index in [4.69, 9.17) is 0 Å². The molecule has 1 unspecified atom stereocenters. The fourth-order valence-electron chi connectivity index (χ4n) is 3.30. The molecule has 0 saturated carbocycles. The van der Waals surface area contributed by atoms with E-state index >= 15 is 0 Å². The first-order valence-corrected chi connectivity index (χ1v) is 9.04. The average molecular weight is 402 g/mol. The minimum Gasteiger partial charge on any atom is -0.356 e. The van der Waals surface area contributed by atoms with Gasteiger partial charge in [-0.15, -0.1) is 0 Å². The van der Waals surface area contributed by atoms with Gasteiger partial charge in [0, 0.05) is 31.5 Å². The standard InChI is InChI=1S/C19H17F3N6O/c20-13-4-5-14(18(22)17(13)21)26-19(29)12-3-1-7-27(10-12)15-9-16(24-11-23-15)28-8-2-6-25-28/h2,4-6,8-9,11-12H,1,3,7,10H2,(H,26,29). The highest BCUT2D eigenvalue weighted by Gasteiger charge is 2.28. The summed E-state index contributed by atoms with van der Waals surface area (Å²) in [5.74, 6) is -4.01. The maximum absolute atomic E-state index is 13.8. The van der Waals surface area contributed by atoms with Gasteiger partial charge in [-0.05, 0) is 31.0 Å². The zero-order chi connectivity index (χ0) is 20.4. The number of carbonyl (C=O) groups is 1. The molecule has 1 aromatic carbocycles. The van der Waals surface area contributed by atoms with Crippen molar-refractivity contribution in [3.8, 4) is 5.82 Å². The van der Waals surface area contributed by atoms with Crippen LogP contribution in [-0.4, -0.2) is 38.7 Å². The van der Waals surface area contributed by atoms with Gasteiger partial charge in [0.2, 0.25) is 5.91 Å². The monoisotopic (exact) mass is 402 g/mol. The second kappa shape index (κ2) is 7.90. The molecule has 1 N–H and O–H groups in total. The Morgan fingerprint density at radius 1 is 1.14 bits per heavy atom. The Morgan fingerprint density at radius 2 is 1.97 bits per heavy atom. The third kappa shape index (κ3) is 3.91. The summed E-state index contributed by atoms with van der Waals surface area (Å²) in [7, 11) is 0. The van der Waals surface area contributed by atoms with Crippen LogP contribution in [0.5, 0.6) is 0 Å². The molecule has 150 valence electrons. The van der Waals surface area contributed by atoms with Crippen molar-refractivity contribution in [1.82, 2.24) is 19.7 Å². The summed E-state index contributed by atoms with van der Waals surface area (Å²) >= 11 is 0. The van der Waals surface area contributed by atoms with E-state index in [0.29, 0.717) is 31.1 Å². The van der Waals surface area contributed by atoms with E-state index in [2.05, 4.69) is 20.4 Å². The summed E-state index contributed by atoms with van der Waals surface area (Å²) in [6.45, 7) is 1.05. The van der Waals surface area contributed by atoms with Gasteiger partial charge in [-0.25, -0.2) is 27.8 Å². The Balaban J connectivity index is 1.48. The number of nitrogens with zero attached hydrogens (tertiary/aromatic N) is 5. The molecule has 1 fully saturated rings. The number of benzene rings is 1. The molecule has 1 saturated heterocycles. The molecular weight excluding hydrogens is 385 g/mol. The van der Waals surface area contributed by atoms with E-state index in [0.717, 1.165) is 18.6 Å². The van der Waals surface area contributed by atoms with Crippen LogP contribution in [0.2, 0.25) is 0 Å². The number of hydrogen-bond acceptors (Lipinski definition) is 5. The zero-order valence-corrected chi connectivity index (χ0v) is 15.2. The molecule has 1 amide bonds. The highest BCUT2D eigenvalue weighted by Crippen LogP contribution is 2.25. The predicted molar refractivity (Wildman–Crippen MR) is 99.0 cm³/mol. The summed E-state index contributed by atoms with van der Waals surface area (Å²) < 4.78 is 41.9. The quantitative estimate of drug-likeness (QED) is 0.679. The van der Waals surface area contributed by atoms with Crippen LogP contribution in [0.15, 0.2) is 43.0 Å². The Morgan fingerprint density at radius 3 is 2.76 bits per heavy atom. The molecule has 0 radical (unpaired) electrons. The molecule has 1 aliphatic heterocycles. The first-order valence-electron chi connectivity index (χ1n) is 9.04. The first kappa shape index (κ1) is 18.9. The van der Waals surface area contributed by atoms with Crippen molar-refractivity contribution in [2.24, 2.45) is 5.92 Å². The Hall–Kier alpha value is -3.43. The van der Waals surface area contributed by atoms with Gasteiger partial charge in [0.05, 0.1) is 11.6 Å². The number of halogens is 3. The summed E-state index contributed by atoms with van der Waals surface area (Å²) in [6.07, 6.45) is 6.13. The van der Waals surface area contributed by atoms with E-state index in [1.54, 1.807) is 29.2 Å². The normalized spacial score (nSPS) is 16.7. The second-order valence-electron chi connectivity index (χ2n) is 6.68. The number of piperidine rings is 1. The van der Waals surface area contributed by atoms with E-state index in [1.807, 2.05) is 4.90 Å². The largest absolute Gasteiger partial charge is 0.356 e. The van der Waals surface area contributed by atoms with Crippen LogP contribution in [-0.2, 0) is 4.79 Å². The summed E-state index contributed by atoms with van der Waals surface area (Å²) in [6, 6.07) is 5.33. The van der Waals surface area contributed by atoms with E-state index in [9.17, 15) is 18.0 Å².